The summed E-state index contributed by atoms with van der Waals surface area (Å²) in [5.41, 5.74) is 3.79. The lowest BCUT2D eigenvalue weighted by molar-refractivity contribution is -0.153. The van der Waals surface area contributed by atoms with Gasteiger partial charge in [-0.05, 0) is 61.6 Å². The molecule has 7 heteroatoms. The maximum atomic E-state index is 12.4. The van der Waals surface area contributed by atoms with Crippen molar-refractivity contribution in [2.45, 2.75) is 45.3 Å². The van der Waals surface area contributed by atoms with Crippen LogP contribution in [0.3, 0.4) is 0 Å². The molecule has 30 heavy (non-hydrogen) atoms. The van der Waals surface area contributed by atoms with E-state index in [9.17, 15) is 14.4 Å². The van der Waals surface area contributed by atoms with Gasteiger partial charge in [0.2, 0.25) is 5.43 Å². The number of benzene rings is 2. The van der Waals surface area contributed by atoms with Gasteiger partial charge in [0, 0.05) is 11.1 Å². The number of aromatic nitrogens is 2. The van der Waals surface area contributed by atoms with Crippen LogP contribution < -0.4 is 10.7 Å². The number of para-hydroxylation sites is 1. The molecule has 0 aliphatic heterocycles. The van der Waals surface area contributed by atoms with Crippen molar-refractivity contribution in [3.05, 3.63) is 70.0 Å². The number of hydrogen-bond acceptors (Lipinski definition) is 5. The zero-order chi connectivity index (χ0) is 21.1. The third-order valence-corrected chi connectivity index (χ3v) is 5.33. The number of nitrogens with zero attached hydrogens (tertiary/aromatic N) is 2. The maximum absolute atomic E-state index is 12.4. The SMILES string of the molecule is C[C@H](OC(=O)CCn1ncc(=O)c2ccccc21)C(=O)Nc1ccc2c(c1)CCC2. The highest BCUT2D eigenvalue weighted by molar-refractivity contribution is 5.95. The van der Waals surface area contributed by atoms with E-state index in [1.165, 1.54) is 17.3 Å². The summed E-state index contributed by atoms with van der Waals surface area (Å²) < 4.78 is 6.87. The number of ether oxygens (including phenoxy) is 1. The van der Waals surface area contributed by atoms with Gasteiger partial charge >= 0.3 is 5.97 Å². The van der Waals surface area contributed by atoms with Gasteiger partial charge < -0.3 is 10.1 Å². The van der Waals surface area contributed by atoms with E-state index in [4.69, 9.17) is 4.74 Å². The molecule has 1 heterocycles. The van der Waals surface area contributed by atoms with Crippen LogP contribution in [0.1, 0.15) is 30.9 Å². The van der Waals surface area contributed by atoms with E-state index in [2.05, 4.69) is 10.4 Å². The number of fused-ring (bicyclic) bond motifs is 2. The van der Waals surface area contributed by atoms with Gasteiger partial charge in [-0.15, -0.1) is 0 Å². The molecule has 0 spiro atoms. The van der Waals surface area contributed by atoms with Crippen LogP contribution in [0.25, 0.3) is 10.9 Å². The van der Waals surface area contributed by atoms with Crippen molar-refractivity contribution in [2.75, 3.05) is 5.32 Å². The summed E-state index contributed by atoms with van der Waals surface area (Å²) >= 11 is 0. The molecule has 4 rings (SSSR count). The largest absolute Gasteiger partial charge is 0.452 e. The number of esters is 1. The highest BCUT2D eigenvalue weighted by atomic mass is 16.5. The molecule has 1 aromatic heterocycles. The summed E-state index contributed by atoms with van der Waals surface area (Å²) in [4.78, 5) is 36.5. The number of anilines is 1. The second-order valence-corrected chi connectivity index (χ2v) is 7.46. The van der Waals surface area contributed by atoms with E-state index in [1.807, 2.05) is 24.3 Å². The van der Waals surface area contributed by atoms with E-state index in [0.717, 1.165) is 19.3 Å². The summed E-state index contributed by atoms with van der Waals surface area (Å²) in [6.45, 7) is 1.80. The Morgan fingerprint density at radius 3 is 2.83 bits per heavy atom. The second kappa shape index (κ2) is 8.49. The number of nitrogens with one attached hydrogen (secondary N) is 1. The average molecular weight is 405 g/mol. The molecule has 3 aromatic rings. The van der Waals surface area contributed by atoms with E-state index < -0.39 is 12.1 Å². The van der Waals surface area contributed by atoms with Crippen LogP contribution in [0.4, 0.5) is 5.69 Å². The Hall–Kier alpha value is -3.48. The molecule has 1 aliphatic carbocycles. The third kappa shape index (κ3) is 4.25. The fraction of sp³-hybridized carbons (Fsp3) is 0.304. The molecule has 7 nitrogen and oxygen atoms in total. The fourth-order valence-electron chi connectivity index (χ4n) is 3.74. The number of carbonyl (C=O) groups is 2. The third-order valence-electron chi connectivity index (χ3n) is 5.33. The Kier molecular flexibility index (Phi) is 5.61. The number of amides is 1. The van der Waals surface area contributed by atoms with Crippen LogP contribution in [-0.4, -0.2) is 27.8 Å². The smallest absolute Gasteiger partial charge is 0.308 e. The average Bonchev–Trinajstić information content (AvgIpc) is 3.21. The monoisotopic (exact) mass is 405 g/mol. The Balaban J connectivity index is 1.33. The topological polar surface area (TPSA) is 90.3 Å². The molecular formula is C23H23N3O4. The van der Waals surface area contributed by atoms with Gasteiger partial charge in [-0.3, -0.25) is 19.1 Å². The fourth-order valence-corrected chi connectivity index (χ4v) is 3.74. The molecule has 0 fully saturated rings. The molecule has 0 bridgehead atoms. The number of aryl methyl sites for hydroxylation is 3. The molecule has 154 valence electrons. The van der Waals surface area contributed by atoms with Crippen LogP contribution in [0.15, 0.2) is 53.5 Å². The first-order valence-electron chi connectivity index (χ1n) is 10.1. The van der Waals surface area contributed by atoms with Gasteiger partial charge in [-0.2, -0.15) is 5.10 Å². The first-order chi connectivity index (χ1) is 14.5. The summed E-state index contributed by atoms with van der Waals surface area (Å²) in [6.07, 6.45) is 3.61. The second-order valence-electron chi connectivity index (χ2n) is 7.46. The maximum Gasteiger partial charge on any atom is 0.308 e. The highest BCUT2D eigenvalue weighted by Gasteiger charge is 2.19. The number of carbonyl (C=O) groups excluding carboxylic acids is 2. The van der Waals surface area contributed by atoms with Crippen molar-refractivity contribution in [1.29, 1.82) is 0 Å². The minimum absolute atomic E-state index is 0.0380. The summed E-state index contributed by atoms with van der Waals surface area (Å²) in [5.74, 6) is -0.871. The van der Waals surface area contributed by atoms with Gasteiger partial charge in [0.15, 0.2) is 6.10 Å². The number of rotatable bonds is 6. The lowest BCUT2D eigenvalue weighted by atomic mass is 10.1. The van der Waals surface area contributed by atoms with Crippen LogP contribution in [-0.2, 0) is 33.7 Å². The summed E-state index contributed by atoms with van der Waals surface area (Å²) in [7, 11) is 0. The van der Waals surface area contributed by atoms with E-state index >= 15 is 0 Å². The van der Waals surface area contributed by atoms with E-state index in [1.54, 1.807) is 29.8 Å². The highest BCUT2D eigenvalue weighted by Crippen LogP contribution is 2.25. The minimum Gasteiger partial charge on any atom is -0.452 e. The predicted molar refractivity (Wildman–Crippen MR) is 113 cm³/mol. The molecule has 1 amide bonds. The molecule has 0 saturated heterocycles. The van der Waals surface area contributed by atoms with E-state index in [0.29, 0.717) is 16.6 Å². The van der Waals surface area contributed by atoms with Crippen LogP contribution >= 0.6 is 0 Å². The Morgan fingerprint density at radius 1 is 1.17 bits per heavy atom. The molecule has 1 aliphatic rings. The van der Waals surface area contributed by atoms with Crippen LogP contribution in [0.2, 0.25) is 0 Å². The molecule has 0 unspecified atom stereocenters. The normalized spacial score (nSPS) is 13.6. The molecule has 1 N–H and O–H groups in total. The molecular weight excluding hydrogens is 382 g/mol. The predicted octanol–water partition coefficient (Wildman–Crippen LogP) is 2.85. The first kappa shape index (κ1) is 19.8. The molecule has 0 saturated carbocycles. The zero-order valence-corrected chi connectivity index (χ0v) is 16.8. The van der Waals surface area contributed by atoms with Crippen molar-refractivity contribution >= 4 is 28.5 Å². The first-order valence-corrected chi connectivity index (χ1v) is 10.1. The lowest BCUT2D eigenvalue weighted by Crippen LogP contribution is -2.30. The van der Waals surface area contributed by atoms with Crippen molar-refractivity contribution < 1.29 is 14.3 Å². The summed E-state index contributed by atoms with van der Waals surface area (Å²) in [6, 6.07) is 13.0. The van der Waals surface area contributed by atoms with Crippen molar-refractivity contribution in [3.8, 4) is 0 Å². The molecule has 0 radical (unpaired) electrons. The van der Waals surface area contributed by atoms with Gasteiger partial charge in [-0.25, -0.2) is 0 Å². The Morgan fingerprint density at radius 2 is 1.97 bits per heavy atom. The van der Waals surface area contributed by atoms with Crippen molar-refractivity contribution in [3.63, 3.8) is 0 Å². The number of hydrogen-bond donors (Lipinski definition) is 1. The quantitative estimate of drug-likeness (QED) is 0.637. The minimum atomic E-state index is -0.913. The van der Waals surface area contributed by atoms with Gasteiger partial charge in [0.05, 0.1) is 24.7 Å². The lowest BCUT2D eigenvalue weighted by Gasteiger charge is -2.15. The Bertz CT molecular complexity index is 1170. The van der Waals surface area contributed by atoms with Crippen molar-refractivity contribution in [2.24, 2.45) is 0 Å². The molecule has 2 aromatic carbocycles. The standard InChI is InChI=1S/C23H23N3O4/c1-15(23(29)25-18-10-9-16-5-4-6-17(16)13-18)30-22(28)11-12-26-20-8-3-2-7-19(20)21(27)14-24-26/h2-3,7-10,13-15H,4-6,11-12H2,1H3,(H,25,29)/t15-/m0/s1. The van der Waals surface area contributed by atoms with Gasteiger partial charge in [0.25, 0.3) is 5.91 Å². The zero-order valence-electron chi connectivity index (χ0n) is 16.8. The van der Waals surface area contributed by atoms with Crippen LogP contribution in [0.5, 0.6) is 0 Å². The van der Waals surface area contributed by atoms with Crippen LogP contribution in [0, 0.1) is 0 Å². The Labute approximate surface area is 173 Å². The molecule has 1 atom stereocenters. The summed E-state index contributed by atoms with van der Waals surface area (Å²) in [5, 5.41) is 7.45. The van der Waals surface area contributed by atoms with Gasteiger partial charge in [-0.1, -0.05) is 18.2 Å². The van der Waals surface area contributed by atoms with Gasteiger partial charge in [0.1, 0.15) is 0 Å². The van der Waals surface area contributed by atoms with E-state index in [-0.39, 0.29) is 24.3 Å². The van der Waals surface area contributed by atoms with Crippen molar-refractivity contribution in [1.82, 2.24) is 9.78 Å².